The first-order valence-corrected chi connectivity index (χ1v) is 6.80. The third-order valence-corrected chi connectivity index (χ3v) is 3.44. The third kappa shape index (κ3) is 3.27. The van der Waals surface area contributed by atoms with E-state index in [2.05, 4.69) is 15.4 Å². The van der Waals surface area contributed by atoms with E-state index in [-0.39, 0.29) is 28.4 Å². The van der Waals surface area contributed by atoms with Gasteiger partial charge in [-0.2, -0.15) is 5.10 Å². The summed E-state index contributed by atoms with van der Waals surface area (Å²) in [6.07, 6.45) is 3.40. The van der Waals surface area contributed by atoms with E-state index < -0.39 is 4.92 Å². The van der Waals surface area contributed by atoms with Crippen molar-refractivity contribution in [2.45, 2.75) is 32.7 Å². The highest BCUT2D eigenvalue weighted by Crippen LogP contribution is 2.24. The Labute approximate surface area is 127 Å². The molecule has 1 amide bonds. The van der Waals surface area contributed by atoms with Gasteiger partial charge in [0, 0.05) is 17.2 Å². The summed E-state index contributed by atoms with van der Waals surface area (Å²) in [6.45, 7) is 5.74. The zero-order chi connectivity index (χ0) is 16.3. The van der Waals surface area contributed by atoms with Crippen LogP contribution in [-0.4, -0.2) is 31.1 Å². The molecule has 0 spiro atoms. The van der Waals surface area contributed by atoms with Crippen molar-refractivity contribution in [3.8, 4) is 5.69 Å². The van der Waals surface area contributed by atoms with Crippen molar-refractivity contribution in [1.82, 2.24) is 20.1 Å². The number of amides is 1. The molecule has 8 nitrogen and oxygen atoms in total. The molecular formula is C14H17N5O3. The zero-order valence-corrected chi connectivity index (χ0v) is 12.6. The van der Waals surface area contributed by atoms with Gasteiger partial charge in [-0.1, -0.05) is 6.92 Å². The van der Waals surface area contributed by atoms with Crippen LogP contribution in [0, 0.1) is 10.1 Å². The molecule has 0 saturated carbocycles. The Hall–Kier alpha value is -2.77. The van der Waals surface area contributed by atoms with Gasteiger partial charge in [0.25, 0.3) is 11.6 Å². The molecule has 1 N–H and O–H groups in total. The molecule has 0 aliphatic rings. The van der Waals surface area contributed by atoms with Crippen LogP contribution in [0.4, 0.5) is 5.69 Å². The van der Waals surface area contributed by atoms with Crippen molar-refractivity contribution in [2.24, 2.45) is 0 Å². The second-order valence-corrected chi connectivity index (χ2v) is 5.49. The van der Waals surface area contributed by atoms with Crippen LogP contribution in [0.25, 0.3) is 5.69 Å². The second kappa shape index (κ2) is 5.92. The van der Waals surface area contributed by atoms with Crippen molar-refractivity contribution in [1.29, 1.82) is 0 Å². The smallest absolute Gasteiger partial charge is 0.295 e. The van der Waals surface area contributed by atoms with E-state index in [1.807, 2.05) is 20.8 Å². The molecule has 0 saturated heterocycles. The molecule has 0 aliphatic heterocycles. The van der Waals surface area contributed by atoms with E-state index in [1.54, 1.807) is 0 Å². The number of nitro groups is 1. The van der Waals surface area contributed by atoms with Gasteiger partial charge in [0.2, 0.25) is 0 Å². The minimum atomic E-state index is -0.543. The van der Waals surface area contributed by atoms with E-state index >= 15 is 0 Å². The molecule has 0 aliphatic carbocycles. The highest BCUT2D eigenvalue weighted by atomic mass is 16.6. The summed E-state index contributed by atoms with van der Waals surface area (Å²) in [5.74, 6) is -0.347. The molecule has 116 valence electrons. The average Bonchev–Trinajstić information content (AvgIpc) is 3.00. The molecule has 2 aromatic rings. The number of carbonyl (C=O) groups is 1. The predicted molar refractivity (Wildman–Crippen MR) is 79.8 cm³/mol. The van der Waals surface area contributed by atoms with Gasteiger partial charge in [-0.05, 0) is 32.4 Å². The largest absolute Gasteiger partial charge is 0.347 e. The molecule has 2 rings (SSSR count). The van der Waals surface area contributed by atoms with E-state index in [1.165, 1.54) is 35.5 Å². The van der Waals surface area contributed by atoms with Gasteiger partial charge in [0.05, 0.1) is 4.92 Å². The van der Waals surface area contributed by atoms with Crippen molar-refractivity contribution >= 4 is 11.6 Å². The first kappa shape index (κ1) is 15.6. The Morgan fingerprint density at radius 1 is 1.45 bits per heavy atom. The molecule has 0 atom stereocenters. The fourth-order valence-electron chi connectivity index (χ4n) is 1.81. The molecule has 0 unspecified atom stereocenters. The van der Waals surface area contributed by atoms with Gasteiger partial charge in [0.15, 0.2) is 0 Å². The highest BCUT2D eigenvalue weighted by Gasteiger charge is 2.23. The van der Waals surface area contributed by atoms with Crippen molar-refractivity contribution in [3.05, 3.63) is 46.5 Å². The summed E-state index contributed by atoms with van der Waals surface area (Å²) in [7, 11) is 0. The standard InChI is InChI=1S/C14H17N5O3/c1-4-14(2,3)17-13(20)10-5-6-11(12(7-10)19(21)22)18-9-15-8-16-18/h5-9H,4H2,1-3H3,(H,17,20). The lowest BCUT2D eigenvalue weighted by molar-refractivity contribution is -0.384. The molecule has 1 heterocycles. The van der Waals surface area contributed by atoms with Gasteiger partial charge in [-0.3, -0.25) is 14.9 Å². The lowest BCUT2D eigenvalue weighted by Crippen LogP contribution is -2.42. The predicted octanol–water partition coefficient (Wildman–Crippen LogP) is 2.09. The van der Waals surface area contributed by atoms with Crippen LogP contribution in [0.15, 0.2) is 30.9 Å². The first-order valence-electron chi connectivity index (χ1n) is 6.80. The first-order chi connectivity index (χ1) is 10.3. The van der Waals surface area contributed by atoms with Crippen LogP contribution >= 0.6 is 0 Å². The molecule has 0 bridgehead atoms. The number of aromatic nitrogens is 3. The minimum Gasteiger partial charge on any atom is -0.347 e. The molecule has 1 aromatic heterocycles. The number of nitrogens with zero attached hydrogens (tertiary/aromatic N) is 4. The van der Waals surface area contributed by atoms with E-state index in [0.29, 0.717) is 0 Å². The second-order valence-electron chi connectivity index (χ2n) is 5.49. The van der Waals surface area contributed by atoms with E-state index in [0.717, 1.165) is 6.42 Å². The lowest BCUT2D eigenvalue weighted by Gasteiger charge is -2.24. The van der Waals surface area contributed by atoms with Crippen molar-refractivity contribution in [2.75, 3.05) is 0 Å². The fraction of sp³-hybridized carbons (Fsp3) is 0.357. The molecule has 0 radical (unpaired) electrons. The summed E-state index contributed by atoms with van der Waals surface area (Å²) < 4.78 is 1.29. The molecular weight excluding hydrogens is 286 g/mol. The van der Waals surface area contributed by atoms with Crippen LogP contribution in [0.2, 0.25) is 0 Å². The highest BCUT2D eigenvalue weighted by molar-refractivity contribution is 5.95. The Bertz CT molecular complexity index is 695. The topological polar surface area (TPSA) is 103 Å². The normalized spacial score (nSPS) is 11.2. The summed E-state index contributed by atoms with van der Waals surface area (Å²) in [5.41, 5.74) is -0.0884. The van der Waals surface area contributed by atoms with Gasteiger partial charge >= 0.3 is 0 Å². The van der Waals surface area contributed by atoms with Crippen LogP contribution < -0.4 is 5.32 Å². The average molecular weight is 303 g/mol. The monoisotopic (exact) mass is 303 g/mol. The van der Waals surface area contributed by atoms with Gasteiger partial charge < -0.3 is 5.32 Å². The van der Waals surface area contributed by atoms with Crippen molar-refractivity contribution in [3.63, 3.8) is 0 Å². The van der Waals surface area contributed by atoms with Crippen LogP contribution in [0.5, 0.6) is 0 Å². The molecule has 0 fully saturated rings. The van der Waals surface area contributed by atoms with Gasteiger partial charge in [-0.25, -0.2) is 9.67 Å². The summed E-state index contributed by atoms with van der Waals surface area (Å²) >= 11 is 0. The summed E-state index contributed by atoms with van der Waals surface area (Å²) in [6, 6.07) is 4.27. The molecule has 22 heavy (non-hydrogen) atoms. The minimum absolute atomic E-state index is 0.201. The third-order valence-electron chi connectivity index (χ3n) is 3.44. The number of hydrogen-bond acceptors (Lipinski definition) is 5. The number of rotatable bonds is 5. The number of nitrogens with one attached hydrogen (secondary N) is 1. The number of carbonyl (C=O) groups excluding carboxylic acids is 1. The molecule has 8 heteroatoms. The number of hydrogen-bond donors (Lipinski definition) is 1. The quantitative estimate of drug-likeness (QED) is 0.673. The maximum atomic E-state index is 12.2. The lowest BCUT2D eigenvalue weighted by atomic mass is 10.0. The van der Waals surface area contributed by atoms with Crippen molar-refractivity contribution < 1.29 is 9.72 Å². The Morgan fingerprint density at radius 3 is 2.73 bits per heavy atom. The summed E-state index contributed by atoms with van der Waals surface area (Å²) in [5, 5.41) is 18.0. The van der Waals surface area contributed by atoms with E-state index in [4.69, 9.17) is 0 Å². The maximum absolute atomic E-state index is 12.2. The molecule has 1 aromatic carbocycles. The Morgan fingerprint density at radius 2 is 2.18 bits per heavy atom. The fourth-order valence-corrected chi connectivity index (χ4v) is 1.81. The van der Waals surface area contributed by atoms with Gasteiger partial charge in [0.1, 0.15) is 18.3 Å². The Balaban J connectivity index is 2.38. The van der Waals surface area contributed by atoms with Crippen LogP contribution in [0.3, 0.4) is 0 Å². The maximum Gasteiger partial charge on any atom is 0.295 e. The number of nitro benzene ring substituents is 1. The number of benzene rings is 1. The van der Waals surface area contributed by atoms with Crippen LogP contribution in [0.1, 0.15) is 37.6 Å². The van der Waals surface area contributed by atoms with E-state index in [9.17, 15) is 14.9 Å². The summed E-state index contributed by atoms with van der Waals surface area (Å²) in [4.78, 5) is 26.7. The Kier molecular flexibility index (Phi) is 4.20. The SMILES string of the molecule is CCC(C)(C)NC(=O)c1ccc(-n2cncn2)c([N+](=O)[O-])c1. The van der Waals surface area contributed by atoms with Gasteiger partial charge in [-0.15, -0.1) is 0 Å². The zero-order valence-electron chi connectivity index (χ0n) is 12.6. The van der Waals surface area contributed by atoms with Crippen LogP contribution in [-0.2, 0) is 0 Å².